The van der Waals surface area contributed by atoms with Crippen LogP contribution in [0.5, 0.6) is 0 Å². The average Bonchev–Trinajstić information content (AvgIpc) is 1.37. The van der Waals surface area contributed by atoms with E-state index in [2.05, 4.69) is 0 Å². The normalized spacial score (nSPS) is 6.00. The standard InChI is InChI=1S/C3H7O.Zr/c1-2-3-4;/h2-3H2,1H3;/q-1;. The Morgan fingerprint density at radius 3 is 1.80 bits per heavy atom. The van der Waals surface area contributed by atoms with E-state index in [1.807, 2.05) is 6.92 Å². The maximum atomic E-state index is 9.30. The number of hydrogen-bond donors (Lipinski definition) is 0. The maximum absolute atomic E-state index is 9.30. The van der Waals surface area contributed by atoms with E-state index in [-0.39, 0.29) is 32.8 Å². The zero-order chi connectivity index (χ0) is 3.41. The van der Waals surface area contributed by atoms with Crippen molar-refractivity contribution >= 4 is 0 Å². The molecule has 0 fully saturated rings. The second-order valence-electron chi connectivity index (χ2n) is 0.704. The van der Waals surface area contributed by atoms with Gasteiger partial charge in [0.05, 0.1) is 0 Å². The van der Waals surface area contributed by atoms with Gasteiger partial charge in [0.2, 0.25) is 0 Å². The molecule has 0 bridgehead atoms. The SMILES string of the molecule is CCC[O-].[Zr]. The van der Waals surface area contributed by atoms with Crippen molar-refractivity contribution < 1.29 is 31.3 Å². The van der Waals surface area contributed by atoms with Crippen LogP contribution in [0.15, 0.2) is 0 Å². The van der Waals surface area contributed by atoms with E-state index >= 15 is 0 Å². The van der Waals surface area contributed by atoms with Crippen LogP contribution in [0.3, 0.4) is 0 Å². The van der Waals surface area contributed by atoms with Gasteiger partial charge in [-0.2, -0.15) is 0 Å². The topological polar surface area (TPSA) is 23.1 Å². The van der Waals surface area contributed by atoms with E-state index in [1.165, 1.54) is 0 Å². The fourth-order valence-corrected chi connectivity index (χ4v) is 0. The van der Waals surface area contributed by atoms with Crippen LogP contribution >= 0.6 is 0 Å². The van der Waals surface area contributed by atoms with E-state index in [0.29, 0.717) is 0 Å². The molecule has 0 N–H and O–H groups in total. The molecule has 0 heterocycles. The molecule has 0 spiro atoms. The second-order valence-corrected chi connectivity index (χ2v) is 0.704. The van der Waals surface area contributed by atoms with E-state index < -0.39 is 0 Å². The molecule has 0 aromatic rings. The molecule has 0 radical (unpaired) electrons. The van der Waals surface area contributed by atoms with Crippen molar-refractivity contribution in [2.45, 2.75) is 13.3 Å². The summed E-state index contributed by atoms with van der Waals surface area (Å²) in [4.78, 5) is 0. The minimum absolute atomic E-state index is 0. The minimum Gasteiger partial charge on any atom is -0.854 e. The van der Waals surface area contributed by atoms with Gasteiger partial charge in [0.1, 0.15) is 0 Å². The van der Waals surface area contributed by atoms with Gasteiger partial charge in [-0.1, -0.05) is 13.3 Å². The van der Waals surface area contributed by atoms with E-state index in [9.17, 15) is 5.11 Å². The average molecular weight is 150 g/mol. The van der Waals surface area contributed by atoms with Crippen molar-refractivity contribution in [2.24, 2.45) is 0 Å². The molecule has 0 aliphatic rings. The molecule has 0 atom stereocenters. The van der Waals surface area contributed by atoms with Crippen molar-refractivity contribution in [1.82, 2.24) is 0 Å². The first kappa shape index (κ1) is 9.28. The Morgan fingerprint density at radius 2 is 1.80 bits per heavy atom. The third-order valence-electron chi connectivity index (χ3n) is 0.204. The van der Waals surface area contributed by atoms with Crippen LogP contribution < -0.4 is 5.11 Å². The molecular weight excluding hydrogens is 143 g/mol. The van der Waals surface area contributed by atoms with Crippen molar-refractivity contribution in [3.05, 3.63) is 0 Å². The van der Waals surface area contributed by atoms with Gasteiger partial charge in [-0.25, -0.2) is 0 Å². The summed E-state index contributed by atoms with van der Waals surface area (Å²) in [6.07, 6.45) is 0.764. The van der Waals surface area contributed by atoms with Crippen LogP contribution in [0, 0.1) is 0 Å². The predicted molar refractivity (Wildman–Crippen MR) is 15.2 cm³/mol. The summed E-state index contributed by atoms with van der Waals surface area (Å²) >= 11 is 0. The Kier molecular flexibility index (Phi) is 16.4. The second kappa shape index (κ2) is 8.85. The molecule has 30 valence electrons. The molecule has 0 saturated carbocycles. The largest absolute Gasteiger partial charge is 0.854 e. The molecule has 0 aliphatic heterocycles. The van der Waals surface area contributed by atoms with E-state index in [4.69, 9.17) is 0 Å². The van der Waals surface area contributed by atoms with Crippen LogP contribution in [0.2, 0.25) is 0 Å². The summed E-state index contributed by atoms with van der Waals surface area (Å²) in [7, 11) is 0. The summed E-state index contributed by atoms with van der Waals surface area (Å²) in [5.41, 5.74) is 0. The van der Waals surface area contributed by atoms with Crippen LogP contribution in [-0.4, -0.2) is 6.61 Å². The quantitative estimate of drug-likeness (QED) is 0.506. The molecule has 0 unspecified atom stereocenters. The molecule has 0 amide bonds. The number of hydrogen-bond acceptors (Lipinski definition) is 1. The Bertz CT molecular complexity index is 8.85. The van der Waals surface area contributed by atoms with Crippen molar-refractivity contribution in [3.63, 3.8) is 0 Å². The molecule has 1 nitrogen and oxygen atoms in total. The zero-order valence-electron chi connectivity index (χ0n) is 3.32. The van der Waals surface area contributed by atoms with Gasteiger partial charge < -0.3 is 5.11 Å². The molecule has 5 heavy (non-hydrogen) atoms. The minimum atomic E-state index is 0. The Hall–Kier alpha value is 0.843. The molecular formula is C3H7OZr-. The monoisotopic (exact) mass is 149 g/mol. The molecule has 0 rings (SSSR count). The molecule has 0 aliphatic carbocycles. The summed E-state index contributed by atoms with van der Waals surface area (Å²) < 4.78 is 0. The summed E-state index contributed by atoms with van der Waals surface area (Å²) in [5, 5.41) is 9.30. The van der Waals surface area contributed by atoms with Crippen molar-refractivity contribution in [1.29, 1.82) is 0 Å². The molecule has 0 aromatic heterocycles. The van der Waals surface area contributed by atoms with Gasteiger partial charge in [-0.3, -0.25) is 0 Å². The number of rotatable bonds is 1. The predicted octanol–water partition coefficient (Wildman–Crippen LogP) is -0.246. The first-order valence-corrected chi connectivity index (χ1v) is 1.50. The smallest absolute Gasteiger partial charge is 0 e. The Morgan fingerprint density at radius 1 is 1.60 bits per heavy atom. The van der Waals surface area contributed by atoms with Crippen LogP contribution in [0.4, 0.5) is 0 Å². The fourth-order valence-electron chi connectivity index (χ4n) is 0. The molecule has 0 saturated heterocycles. The molecule has 0 aromatic carbocycles. The first-order valence-electron chi connectivity index (χ1n) is 1.50. The fraction of sp³-hybridized carbons (Fsp3) is 1.00. The Labute approximate surface area is 51.5 Å². The van der Waals surface area contributed by atoms with E-state index in [0.717, 1.165) is 6.42 Å². The van der Waals surface area contributed by atoms with Crippen LogP contribution in [0.1, 0.15) is 13.3 Å². The van der Waals surface area contributed by atoms with Crippen LogP contribution in [0.25, 0.3) is 0 Å². The van der Waals surface area contributed by atoms with Gasteiger partial charge in [0.15, 0.2) is 0 Å². The summed E-state index contributed by atoms with van der Waals surface area (Å²) in [5.74, 6) is 0. The van der Waals surface area contributed by atoms with Gasteiger partial charge in [-0.15, -0.1) is 6.61 Å². The molecule has 2 heteroatoms. The summed E-state index contributed by atoms with van der Waals surface area (Å²) in [6, 6.07) is 0. The summed E-state index contributed by atoms with van der Waals surface area (Å²) in [6.45, 7) is 1.94. The van der Waals surface area contributed by atoms with Gasteiger partial charge in [-0.05, 0) is 0 Å². The third kappa shape index (κ3) is 11.5. The van der Waals surface area contributed by atoms with Crippen LogP contribution in [-0.2, 0) is 26.2 Å². The maximum Gasteiger partial charge on any atom is 0 e. The Balaban J connectivity index is 0. The van der Waals surface area contributed by atoms with Crippen molar-refractivity contribution in [2.75, 3.05) is 6.61 Å². The van der Waals surface area contributed by atoms with Gasteiger partial charge in [0, 0.05) is 26.2 Å². The zero-order valence-corrected chi connectivity index (χ0v) is 5.78. The third-order valence-corrected chi connectivity index (χ3v) is 0.204. The van der Waals surface area contributed by atoms with E-state index in [1.54, 1.807) is 0 Å². The van der Waals surface area contributed by atoms with Crippen molar-refractivity contribution in [3.8, 4) is 0 Å². The van der Waals surface area contributed by atoms with Gasteiger partial charge in [0.25, 0.3) is 0 Å². The van der Waals surface area contributed by atoms with Gasteiger partial charge >= 0.3 is 0 Å². The first-order chi connectivity index (χ1) is 1.91.